The molecule has 110 valence electrons. The molecule has 0 spiro atoms. The van der Waals surface area contributed by atoms with Gasteiger partial charge in [0, 0.05) is 26.2 Å². The van der Waals surface area contributed by atoms with Crippen molar-refractivity contribution < 1.29 is 9.59 Å². The third-order valence-corrected chi connectivity index (χ3v) is 3.84. The highest BCUT2D eigenvalue weighted by Gasteiger charge is 2.33. The summed E-state index contributed by atoms with van der Waals surface area (Å²) in [6, 6.07) is 1.48. The molecule has 1 N–H and O–H groups in total. The van der Waals surface area contributed by atoms with E-state index < -0.39 is 6.04 Å². The SMILES string of the molecule is CCC(C)C1NC(=O)CCN(Cc2ccn(C)n2)C1=O. The lowest BCUT2D eigenvalue weighted by Gasteiger charge is -2.26. The molecule has 1 aromatic rings. The van der Waals surface area contributed by atoms with E-state index in [1.807, 2.05) is 33.2 Å². The fourth-order valence-electron chi connectivity index (χ4n) is 2.37. The number of nitrogens with zero attached hydrogens (tertiary/aromatic N) is 3. The molecule has 2 atom stereocenters. The van der Waals surface area contributed by atoms with Gasteiger partial charge in [0.2, 0.25) is 11.8 Å². The number of carbonyl (C=O) groups is 2. The minimum absolute atomic E-state index is 0.00384. The zero-order valence-electron chi connectivity index (χ0n) is 12.3. The average Bonchev–Trinajstić information content (AvgIpc) is 2.78. The molecule has 2 unspecified atom stereocenters. The van der Waals surface area contributed by atoms with Crippen molar-refractivity contribution in [3.05, 3.63) is 18.0 Å². The van der Waals surface area contributed by atoms with Gasteiger partial charge in [0.25, 0.3) is 0 Å². The number of amides is 2. The normalized spacial score (nSPS) is 21.6. The maximum Gasteiger partial charge on any atom is 0.245 e. The fourth-order valence-corrected chi connectivity index (χ4v) is 2.37. The van der Waals surface area contributed by atoms with Gasteiger partial charge in [-0.15, -0.1) is 0 Å². The maximum atomic E-state index is 12.6. The highest BCUT2D eigenvalue weighted by Crippen LogP contribution is 2.16. The van der Waals surface area contributed by atoms with Crippen LogP contribution in [0.25, 0.3) is 0 Å². The molecule has 1 aliphatic rings. The van der Waals surface area contributed by atoms with E-state index in [0.717, 1.165) is 12.1 Å². The average molecular weight is 278 g/mol. The molecule has 0 saturated carbocycles. The largest absolute Gasteiger partial charge is 0.344 e. The molecule has 1 aromatic heterocycles. The predicted molar refractivity (Wildman–Crippen MR) is 74.6 cm³/mol. The standard InChI is InChI=1S/C14H22N4O2/c1-4-10(2)13-14(20)18(8-6-12(19)15-13)9-11-5-7-17(3)16-11/h5,7,10,13H,4,6,8-9H2,1-3H3,(H,15,19). The summed E-state index contributed by atoms with van der Waals surface area (Å²) in [6.07, 6.45) is 3.06. The lowest BCUT2D eigenvalue weighted by atomic mass is 9.98. The van der Waals surface area contributed by atoms with Gasteiger partial charge in [-0.1, -0.05) is 20.3 Å². The summed E-state index contributed by atoms with van der Waals surface area (Å²) in [5.74, 6) is 0.0822. The van der Waals surface area contributed by atoms with E-state index in [4.69, 9.17) is 0 Å². The molecule has 2 rings (SSSR count). The zero-order chi connectivity index (χ0) is 14.7. The topological polar surface area (TPSA) is 67.2 Å². The van der Waals surface area contributed by atoms with Crippen LogP contribution < -0.4 is 5.32 Å². The molecule has 0 aromatic carbocycles. The summed E-state index contributed by atoms with van der Waals surface area (Å²) in [4.78, 5) is 26.1. The molecule has 0 aliphatic carbocycles. The van der Waals surface area contributed by atoms with E-state index in [9.17, 15) is 9.59 Å². The molecular weight excluding hydrogens is 256 g/mol. The molecule has 0 bridgehead atoms. The zero-order valence-corrected chi connectivity index (χ0v) is 12.3. The second-order valence-electron chi connectivity index (χ2n) is 5.42. The van der Waals surface area contributed by atoms with Gasteiger partial charge in [-0.05, 0) is 12.0 Å². The minimum Gasteiger partial charge on any atom is -0.344 e. The monoisotopic (exact) mass is 278 g/mol. The van der Waals surface area contributed by atoms with Gasteiger partial charge in [0.15, 0.2) is 0 Å². The Kier molecular flexibility index (Phi) is 4.42. The first-order chi connectivity index (χ1) is 9.51. The Morgan fingerprint density at radius 3 is 2.85 bits per heavy atom. The maximum absolute atomic E-state index is 12.6. The lowest BCUT2D eigenvalue weighted by molar-refractivity contribution is -0.135. The summed E-state index contributed by atoms with van der Waals surface area (Å²) in [6.45, 7) is 4.93. The molecule has 0 radical (unpaired) electrons. The van der Waals surface area contributed by atoms with Crippen molar-refractivity contribution >= 4 is 11.8 Å². The molecular formula is C14H22N4O2. The van der Waals surface area contributed by atoms with Crippen LogP contribution in [0.5, 0.6) is 0 Å². The van der Waals surface area contributed by atoms with E-state index in [-0.39, 0.29) is 17.7 Å². The van der Waals surface area contributed by atoms with Crippen molar-refractivity contribution in [1.29, 1.82) is 0 Å². The van der Waals surface area contributed by atoms with Crippen LogP contribution in [0.15, 0.2) is 12.3 Å². The Balaban J connectivity index is 2.14. The van der Waals surface area contributed by atoms with Crippen LogP contribution in [0.3, 0.4) is 0 Å². The van der Waals surface area contributed by atoms with Crippen LogP contribution in [-0.4, -0.2) is 39.1 Å². The Hall–Kier alpha value is -1.85. The minimum atomic E-state index is -0.418. The number of nitrogens with one attached hydrogen (secondary N) is 1. The van der Waals surface area contributed by atoms with Crippen molar-refractivity contribution in [2.45, 2.75) is 39.3 Å². The van der Waals surface area contributed by atoms with Crippen LogP contribution in [0.4, 0.5) is 0 Å². The van der Waals surface area contributed by atoms with Gasteiger partial charge in [0.1, 0.15) is 6.04 Å². The summed E-state index contributed by atoms with van der Waals surface area (Å²) in [5.41, 5.74) is 0.845. The van der Waals surface area contributed by atoms with Gasteiger partial charge in [-0.25, -0.2) is 0 Å². The number of aryl methyl sites for hydroxylation is 1. The number of carbonyl (C=O) groups excluding carboxylic acids is 2. The van der Waals surface area contributed by atoms with Crippen molar-refractivity contribution in [3.8, 4) is 0 Å². The van der Waals surface area contributed by atoms with Gasteiger partial charge < -0.3 is 10.2 Å². The Labute approximate surface area is 119 Å². The smallest absolute Gasteiger partial charge is 0.245 e. The van der Waals surface area contributed by atoms with Crippen molar-refractivity contribution in [1.82, 2.24) is 20.0 Å². The van der Waals surface area contributed by atoms with Crippen LogP contribution >= 0.6 is 0 Å². The molecule has 2 amide bonds. The Bertz CT molecular complexity index is 497. The first-order valence-electron chi connectivity index (χ1n) is 7.08. The number of hydrogen-bond acceptors (Lipinski definition) is 3. The molecule has 1 aliphatic heterocycles. The van der Waals surface area contributed by atoms with Crippen LogP contribution in [0.1, 0.15) is 32.4 Å². The Morgan fingerprint density at radius 1 is 1.50 bits per heavy atom. The molecule has 2 heterocycles. The van der Waals surface area contributed by atoms with Gasteiger partial charge in [-0.2, -0.15) is 5.10 Å². The summed E-state index contributed by atoms with van der Waals surface area (Å²) >= 11 is 0. The molecule has 20 heavy (non-hydrogen) atoms. The first-order valence-corrected chi connectivity index (χ1v) is 7.08. The second-order valence-corrected chi connectivity index (χ2v) is 5.42. The van der Waals surface area contributed by atoms with Gasteiger partial charge in [-0.3, -0.25) is 14.3 Å². The van der Waals surface area contributed by atoms with Gasteiger partial charge >= 0.3 is 0 Å². The highest BCUT2D eigenvalue weighted by molar-refractivity contribution is 5.90. The Morgan fingerprint density at radius 2 is 2.25 bits per heavy atom. The van der Waals surface area contributed by atoms with Crippen LogP contribution in [0.2, 0.25) is 0 Å². The highest BCUT2D eigenvalue weighted by atomic mass is 16.2. The third kappa shape index (κ3) is 3.18. The lowest BCUT2D eigenvalue weighted by Crippen LogP contribution is -2.48. The molecule has 6 heteroatoms. The van der Waals surface area contributed by atoms with E-state index in [2.05, 4.69) is 10.4 Å². The molecule has 1 saturated heterocycles. The second kappa shape index (κ2) is 6.07. The number of hydrogen-bond donors (Lipinski definition) is 1. The summed E-state index contributed by atoms with van der Waals surface area (Å²) < 4.78 is 1.72. The van der Waals surface area contributed by atoms with E-state index in [1.54, 1.807) is 9.58 Å². The van der Waals surface area contributed by atoms with Crippen LogP contribution in [-0.2, 0) is 23.2 Å². The van der Waals surface area contributed by atoms with E-state index in [1.165, 1.54) is 0 Å². The summed E-state index contributed by atoms with van der Waals surface area (Å²) in [7, 11) is 1.85. The predicted octanol–water partition coefficient (Wildman–Crippen LogP) is 0.683. The van der Waals surface area contributed by atoms with Crippen molar-refractivity contribution in [3.63, 3.8) is 0 Å². The third-order valence-electron chi connectivity index (χ3n) is 3.84. The van der Waals surface area contributed by atoms with Crippen molar-refractivity contribution in [2.75, 3.05) is 6.54 Å². The molecule has 6 nitrogen and oxygen atoms in total. The summed E-state index contributed by atoms with van der Waals surface area (Å²) in [5, 5.41) is 7.14. The quantitative estimate of drug-likeness (QED) is 0.881. The molecule has 1 fully saturated rings. The van der Waals surface area contributed by atoms with Crippen molar-refractivity contribution in [2.24, 2.45) is 13.0 Å². The van der Waals surface area contributed by atoms with E-state index in [0.29, 0.717) is 19.5 Å². The van der Waals surface area contributed by atoms with E-state index >= 15 is 0 Å². The van der Waals surface area contributed by atoms with Gasteiger partial charge in [0.05, 0.1) is 12.2 Å². The number of rotatable bonds is 4. The number of aromatic nitrogens is 2. The van der Waals surface area contributed by atoms with Crippen LogP contribution in [0, 0.1) is 5.92 Å². The fraction of sp³-hybridized carbons (Fsp3) is 0.643. The first kappa shape index (κ1) is 14.6.